The lowest BCUT2D eigenvalue weighted by molar-refractivity contribution is -0.123. The van der Waals surface area contributed by atoms with E-state index in [0.717, 1.165) is 16.0 Å². The van der Waals surface area contributed by atoms with Crippen molar-refractivity contribution in [1.82, 2.24) is 5.01 Å². The number of imide groups is 1. The average molecular weight is 395 g/mol. The number of halogens is 1. The molecule has 4 rings (SSSR count). The van der Waals surface area contributed by atoms with E-state index in [9.17, 15) is 18.8 Å². The summed E-state index contributed by atoms with van der Waals surface area (Å²) in [6.07, 6.45) is 0. The molecule has 0 spiro atoms. The Bertz CT molecular complexity index is 1030. The van der Waals surface area contributed by atoms with Crippen LogP contribution in [0.2, 0.25) is 0 Å². The SMILES string of the molecule is Cc1cccc(C)c1N1C(=O)[C@@H]2[C@@H](N=NN2CC(=O)Nc2cccc(F)c2)C1=O. The lowest BCUT2D eigenvalue weighted by Crippen LogP contribution is -2.43. The van der Waals surface area contributed by atoms with E-state index in [-0.39, 0.29) is 12.2 Å². The Morgan fingerprint density at radius 1 is 1.10 bits per heavy atom. The first kappa shape index (κ1) is 18.7. The fourth-order valence-corrected chi connectivity index (χ4v) is 3.65. The van der Waals surface area contributed by atoms with Crippen molar-refractivity contribution in [1.29, 1.82) is 0 Å². The monoisotopic (exact) mass is 395 g/mol. The first-order valence-corrected chi connectivity index (χ1v) is 9.03. The van der Waals surface area contributed by atoms with E-state index in [0.29, 0.717) is 5.69 Å². The predicted octanol–water partition coefficient (Wildman–Crippen LogP) is 2.37. The number of hydrogen-bond donors (Lipinski definition) is 1. The van der Waals surface area contributed by atoms with E-state index in [1.807, 2.05) is 32.0 Å². The first-order chi connectivity index (χ1) is 13.9. The van der Waals surface area contributed by atoms with Crippen LogP contribution in [-0.4, -0.2) is 41.4 Å². The number of anilines is 2. The number of fused-ring (bicyclic) bond motifs is 1. The molecule has 8 nitrogen and oxygen atoms in total. The van der Waals surface area contributed by atoms with Crippen LogP contribution in [0.4, 0.5) is 15.8 Å². The molecule has 2 aromatic rings. The molecule has 2 atom stereocenters. The Labute approximate surface area is 166 Å². The molecule has 148 valence electrons. The summed E-state index contributed by atoms with van der Waals surface area (Å²) < 4.78 is 13.3. The van der Waals surface area contributed by atoms with Crippen LogP contribution in [0.5, 0.6) is 0 Å². The highest BCUT2D eigenvalue weighted by atomic mass is 19.1. The second kappa shape index (κ2) is 7.08. The van der Waals surface area contributed by atoms with Crippen molar-refractivity contribution in [2.75, 3.05) is 16.8 Å². The van der Waals surface area contributed by atoms with E-state index in [4.69, 9.17) is 0 Å². The molecule has 1 N–H and O–H groups in total. The largest absolute Gasteiger partial charge is 0.324 e. The van der Waals surface area contributed by atoms with Crippen molar-refractivity contribution >= 4 is 29.1 Å². The second-order valence-corrected chi connectivity index (χ2v) is 7.00. The molecule has 0 saturated carbocycles. The van der Waals surface area contributed by atoms with Crippen LogP contribution in [-0.2, 0) is 14.4 Å². The summed E-state index contributed by atoms with van der Waals surface area (Å²) in [6.45, 7) is 3.35. The highest BCUT2D eigenvalue weighted by Crippen LogP contribution is 2.35. The number of benzene rings is 2. The predicted molar refractivity (Wildman–Crippen MR) is 103 cm³/mol. The molecule has 0 aliphatic carbocycles. The maximum absolute atomic E-state index is 13.3. The van der Waals surface area contributed by atoms with Crippen molar-refractivity contribution in [2.45, 2.75) is 25.9 Å². The summed E-state index contributed by atoms with van der Waals surface area (Å²) in [5.74, 6) is -1.92. The molecular weight excluding hydrogens is 377 g/mol. The summed E-state index contributed by atoms with van der Waals surface area (Å²) in [4.78, 5) is 39.4. The molecule has 29 heavy (non-hydrogen) atoms. The van der Waals surface area contributed by atoms with Crippen LogP contribution < -0.4 is 10.2 Å². The molecule has 0 radical (unpaired) electrons. The summed E-state index contributed by atoms with van der Waals surface area (Å²) >= 11 is 0. The Hall–Kier alpha value is -3.62. The van der Waals surface area contributed by atoms with Gasteiger partial charge in [0.05, 0.1) is 5.69 Å². The number of para-hydroxylation sites is 1. The minimum absolute atomic E-state index is 0.286. The topological polar surface area (TPSA) is 94.4 Å². The molecule has 9 heteroatoms. The van der Waals surface area contributed by atoms with Crippen LogP contribution in [0.1, 0.15) is 11.1 Å². The Kier molecular flexibility index (Phi) is 4.57. The minimum atomic E-state index is -0.983. The maximum atomic E-state index is 13.3. The summed E-state index contributed by atoms with van der Waals surface area (Å²) in [7, 11) is 0. The molecule has 1 saturated heterocycles. The van der Waals surface area contributed by atoms with Crippen molar-refractivity contribution < 1.29 is 18.8 Å². The van der Waals surface area contributed by atoms with E-state index in [2.05, 4.69) is 15.7 Å². The van der Waals surface area contributed by atoms with Gasteiger partial charge >= 0.3 is 0 Å². The molecule has 2 aliphatic rings. The highest BCUT2D eigenvalue weighted by Gasteiger charge is 2.55. The summed E-state index contributed by atoms with van der Waals surface area (Å²) in [5.41, 5.74) is 2.41. The highest BCUT2D eigenvalue weighted by molar-refractivity contribution is 6.26. The third kappa shape index (κ3) is 3.24. The molecule has 0 unspecified atom stereocenters. The van der Waals surface area contributed by atoms with Gasteiger partial charge in [-0.25, -0.2) is 9.29 Å². The van der Waals surface area contributed by atoms with E-state index < -0.39 is 35.6 Å². The number of aryl methyl sites for hydroxylation is 2. The van der Waals surface area contributed by atoms with Gasteiger partial charge in [-0.15, -0.1) is 0 Å². The van der Waals surface area contributed by atoms with Crippen molar-refractivity contribution in [3.8, 4) is 0 Å². The van der Waals surface area contributed by atoms with Gasteiger partial charge in [0.25, 0.3) is 11.8 Å². The second-order valence-electron chi connectivity index (χ2n) is 7.00. The number of hydrogen-bond acceptors (Lipinski definition) is 6. The van der Waals surface area contributed by atoms with Crippen LogP contribution in [0.25, 0.3) is 0 Å². The van der Waals surface area contributed by atoms with Gasteiger partial charge in [0.15, 0.2) is 12.1 Å². The number of carbonyl (C=O) groups is 3. The van der Waals surface area contributed by atoms with Gasteiger partial charge < -0.3 is 5.32 Å². The lowest BCUT2D eigenvalue weighted by Gasteiger charge is -2.22. The normalized spacial score (nSPS) is 20.4. The fourth-order valence-electron chi connectivity index (χ4n) is 3.65. The smallest absolute Gasteiger partial charge is 0.263 e. The van der Waals surface area contributed by atoms with Crippen molar-refractivity contribution in [2.24, 2.45) is 10.3 Å². The van der Waals surface area contributed by atoms with E-state index >= 15 is 0 Å². The molecule has 1 fully saturated rings. The molecular formula is C20H18FN5O3. The van der Waals surface area contributed by atoms with Gasteiger partial charge in [-0.2, -0.15) is 5.11 Å². The Morgan fingerprint density at radius 3 is 2.48 bits per heavy atom. The minimum Gasteiger partial charge on any atom is -0.324 e. The number of nitrogens with zero attached hydrogens (tertiary/aromatic N) is 4. The number of carbonyl (C=O) groups excluding carboxylic acids is 3. The average Bonchev–Trinajstić information content (AvgIpc) is 3.17. The molecule has 2 aromatic carbocycles. The number of nitrogens with one attached hydrogen (secondary N) is 1. The fraction of sp³-hybridized carbons (Fsp3) is 0.250. The zero-order valence-corrected chi connectivity index (χ0v) is 15.8. The van der Waals surface area contributed by atoms with Gasteiger partial charge in [-0.05, 0) is 43.2 Å². The Morgan fingerprint density at radius 2 is 1.79 bits per heavy atom. The van der Waals surface area contributed by atoms with Gasteiger partial charge in [-0.1, -0.05) is 29.5 Å². The maximum Gasteiger partial charge on any atom is 0.263 e. The molecule has 0 bridgehead atoms. The van der Waals surface area contributed by atoms with Crippen LogP contribution in [0.15, 0.2) is 52.8 Å². The summed E-state index contributed by atoms with van der Waals surface area (Å²) in [6, 6.07) is 9.00. The van der Waals surface area contributed by atoms with Gasteiger partial charge in [0.2, 0.25) is 5.91 Å². The first-order valence-electron chi connectivity index (χ1n) is 9.03. The van der Waals surface area contributed by atoms with Crippen molar-refractivity contribution in [3.05, 3.63) is 59.4 Å². The van der Waals surface area contributed by atoms with E-state index in [1.54, 1.807) is 6.07 Å². The van der Waals surface area contributed by atoms with Crippen molar-refractivity contribution in [3.63, 3.8) is 0 Å². The zero-order chi connectivity index (χ0) is 20.7. The molecule has 2 aliphatic heterocycles. The quantitative estimate of drug-likeness (QED) is 0.804. The summed E-state index contributed by atoms with van der Waals surface area (Å²) in [5, 5.41) is 11.5. The van der Waals surface area contributed by atoms with Gasteiger partial charge in [0, 0.05) is 5.69 Å². The lowest BCUT2D eigenvalue weighted by atomic mass is 10.1. The third-order valence-corrected chi connectivity index (χ3v) is 4.93. The molecule has 0 aromatic heterocycles. The van der Waals surface area contributed by atoms with Gasteiger partial charge in [-0.3, -0.25) is 19.4 Å². The van der Waals surface area contributed by atoms with Crippen LogP contribution in [0.3, 0.4) is 0 Å². The third-order valence-electron chi connectivity index (χ3n) is 4.93. The molecule has 2 heterocycles. The Balaban J connectivity index is 1.53. The number of rotatable bonds is 4. The molecule has 3 amide bonds. The van der Waals surface area contributed by atoms with E-state index in [1.165, 1.54) is 23.2 Å². The number of amides is 3. The van der Waals surface area contributed by atoms with Crippen LogP contribution in [0, 0.1) is 19.7 Å². The zero-order valence-electron chi connectivity index (χ0n) is 15.8. The van der Waals surface area contributed by atoms with Crippen LogP contribution >= 0.6 is 0 Å². The standard InChI is InChI=1S/C20H18FN5O3/c1-11-5-3-6-12(2)17(11)26-19(28)16-18(20(26)29)25(24-23-16)10-15(27)22-14-8-4-7-13(21)9-14/h3-9,16,18H,10H2,1-2H3,(H,22,27)/t16-,18+/m1/s1. The van der Waals surface area contributed by atoms with Gasteiger partial charge in [0.1, 0.15) is 12.4 Å².